The molecule has 0 aromatic heterocycles. The summed E-state index contributed by atoms with van der Waals surface area (Å²) in [6.45, 7) is 11.3. The fourth-order valence-electron chi connectivity index (χ4n) is 5.50. The zero-order chi connectivity index (χ0) is 28.4. The summed E-state index contributed by atoms with van der Waals surface area (Å²) in [6.07, 6.45) is 8.25. The molecule has 0 bridgehead atoms. The minimum Gasteiger partial charge on any atom is -0.494 e. The van der Waals surface area contributed by atoms with E-state index in [9.17, 15) is 0 Å². The Morgan fingerprint density at radius 2 is 1.43 bits per heavy atom. The minimum absolute atomic E-state index is 0.116. The molecular formula is C34H49ClO5. The smallest absolute Gasteiger partial charge is 0.119 e. The number of hydrogen-bond acceptors (Lipinski definition) is 5. The molecule has 222 valence electrons. The number of rotatable bonds is 17. The van der Waals surface area contributed by atoms with Crippen LogP contribution in [0, 0.1) is 0 Å². The highest BCUT2D eigenvalue weighted by molar-refractivity contribution is 6.31. The van der Waals surface area contributed by atoms with Gasteiger partial charge in [0.25, 0.3) is 0 Å². The summed E-state index contributed by atoms with van der Waals surface area (Å²) in [5.41, 5.74) is 3.05. The minimum atomic E-state index is -0.311. The van der Waals surface area contributed by atoms with Crippen LogP contribution in [0.1, 0.15) is 102 Å². The zero-order valence-corrected chi connectivity index (χ0v) is 25.7. The van der Waals surface area contributed by atoms with Crippen molar-refractivity contribution in [1.29, 1.82) is 0 Å². The Labute approximate surface area is 246 Å². The van der Waals surface area contributed by atoms with Gasteiger partial charge in [0, 0.05) is 24.8 Å². The van der Waals surface area contributed by atoms with E-state index in [-0.39, 0.29) is 30.0 Å². The van der Waals surface area contributed by atoms with Crippen molar-refractivity contribution in [3.05, 3.63) is 64.2 Å². The van der Waals surface area contributed by atoms with Crippen LogP contribution in [-0.4, -0.2) is 50.3 Å². The molecule has 1 aliphatic carbocycles. The van der Waals surface area contributed by atoms with E-state index in [2.05, 4.69) is 45.0 Å². The van der Waals surface area contributed by atoms with Gasteiger partial charge in [0.2, 0.25) is 0 Å². The summed E-state index contributed by atoms with van der Waals surface area (Å²) in [5.74, 6) is 0.883. The lowest BCUT2D eigenvalue weighted by molar-refractivity contribution is -0.270. The highest BCUT2D eigenvalue weighted by Gasteiger charge is 2.62. The van der Waals surface area contributed by atoms with E-state index in [1.165, 1.54) is 5.56 Å². The van der Waals surface area contributed by atoms with E-state index in [0.29, 0.717) is 19.8 Å². The molecule has 0 amide bonds. The van der Waals surface area contributed by atoms with Gasteiger partial charge in [-0.2, -0.15) is 0 Å². The van der Waals surface area contributed by atoms with Crippen LogP contribution in [0.3, 0.4) is 0 Å². The quantitative estimate of drug-likeness (QED) is 0.178. The van der Waals surface area contributed by atoms with Gasteiger partial charge in [0.15, 0.2) is 0 Å². The van der Waals surface area contributed by atoms with E-state index in [1.807, 2.05) is 25.1 Å². The molecule has 0 unspecified atom stereocenters. The first-order chi connectivity index (χ1) is 19.5. The molecular weight excluding hydrogens is 524 g/mol. The summed E-state index contributed by atoms with van der Waals surface area (Å²) in [5, 5.41) is 0.759. The van der Waals surface area contributed by atoms with Crippen molar-refractivity contribution in [2.45, 2.75) is 115 Å². The van der Waals surface area contributed by atoms with Crippen molar-refractivity contribution in [3.63, 3.8) is 0 Å². The van der Waals surface area contributed by atoms with Crippen molar-refractivity contribution in [2.75, 3.05) is 26.4 Å². The second-order valence-electron chi connectivity index (χ2n) is 11.2. The maximum atomic E-state index is 6.99. The average molecular weight is 573 g/mol. The van der Waals surface area contributed by atoms with E-state index in [1.54, 1.807) is 0 Å². The summed E-state index contributed by atoms with van der Waals surface area (Å²) in [6, 6.07) is 14.6. The largest absolute Gasteiger partial charge is 0.494 e. The summed E-state index contributed by atoms with van der Waals surface area (Å²) >= 11 is 6.74. The van der Waals surface area contributed by atoms with Crippen LogP contribution in [-0.2, 0) is 25.4 Å². The van der Waals surface area contributed by atoms with Crippen LogP contribution in [0.4, 0.5) is 0 Å². The first kappa shape index (κ1) is 31.3. The normalized spacial score (nSPS) is 23.4. The maximum Gasteiger partial charge on any atom is 0.119 e. The Bertz CT molecular complexity index is 1020. The first-order valence-electron chi connectivity index (χ1n) is 15.6. The third-order valence-electron chi connectivity index (χ3n) is 7.98. The summed E-state index contributed by atoms with van der Waals surface area (Å²) in [7, 11) is 0. The van der Waals surface area contributed by atoms with Crippen molar-refractivity contribution in [3.8, 4) is 5.75 Å². The number of benzene rings is 2. The molecule has 6 heteroatoms. The molecule has 4 rings (SSSR count). The Balaban J connectivity index is 1.63. The zero-order valence-electron chi connectivity index (χ0n) is 25.0. The van der Waals surface area contributed by atoms with Crippen LogP contribution >= 0.6 is 11.6 Å². The second kappa shape index (κ2) is 15.6. The SMILES string of the molecule is CCCCO[C@@H]1[C@@H](OCCCC)[C@H](OCCCC)C2(CC2)O[C@H]1c1ccc(Cl)c(Cc2ccc(OCC)cc2)c1. The molecule has 1 aliphatic heterocycles. The number of ether oxygens (including phenoxy) is 5. The lowest BCUT2D eigenvalue weighted by Crippen LogP contribution is -2.58. The first-order valence-corrected chi connectivity index (χ1v) is 16.0. The van der Waals surface area contributed by atoms with Crippen LogP contribution in [0.25, 0.3) is 0 Å². The molecule has 0 radical (unpaired) electrons. The maximum absolute atomic E-state index is 6.99. The van der Waals surface area contributed by atoms with Crippen molar-refractivity contribution >= 4 is 11.6 Å². The predicted octanol–water partition coefficient (Wildman–Crippen LogP) is 8.49. The topological polar surface area (TPSA) is 46.2 Å². The average Bonchev–Trinajstić information content (AvgIpc) is 3.73. The van der Waals surface area contributed by atoms with Gasteiger partial charge in [0.1, 0.15) is 30.2 Å². The third kappa shape index (κ3) is 8.01. The molecule has 40 heavy (non-hydrogen) atoms. The fraction of sp³-hybridized carbons (Fsp3) is 0.647. The van der Waals surface area contributed by atoms with E-state index >= 15 is 0 Å². The molecule has 0 N–H and O–H groups in total. The molecule has 2 fully saturated rings. The van der Waals surface area contributed by atoms with Gasteiger partial charge in [-0.1, -0.05) is 75.9 Å². The van der Waals surface area contributed by atoms with Gasteiger partial charge in [-0.3, -0.25) is 0 Å². The Hall–Kier alpha value is -1.63. The Kier molecular flexibility index (Phi) is 12.2. The van der Waals surface area contributed by atoms with Gasteiger partial charge in [0.05, 0.1) is 12.2 Å². The van der Waals surface area contributed by atoms with Crippen LogP contribution in [0.2, 0.25) is 5.02 Å². The lowest BCUT2D eigenvalue weighted by atomic mass is 9.88. The van der Waals surface area contributed by atoms with E-state index in [4.69, 9.17) is 35.3 Å². The number of unbranched alkanes of at least 4 members (excludes halogenated alkanes) is 3. The van der Waals surface area contributed by atoms with Gasteiger partial charge in [-0.25, -0.2) is 0 Å². The van der Waals surface area contributed by atoms with Crippen LogP contribution in [0.5, 0.6) is 5.75 Å². The van der Waals surface area contributed by atoms with Crippen LogP contribution < -0.4 is 4.74 Å². The van der Waals surface area contributed by atoms with Gasteiger partial charge in [-0.15, -0.1) is 0 Å². The summed E-state index contributed by atoms with van der Waals surface area (Å²) < 4.78 is 32.5. The molecule has 1 heterocycles. The van der Waals surface area contributed by atoms with Crippen LogP contribution in [0.15, 0.2) is 42.5 Å². The standard InChI is InChI=1S/C34H49ClO5/c1-5-9-20-37-31-30(40-34(18-19-34)33(39-22-11-7-3)32(31)38-21-10-6-2)26-14-17-29(35)27(24-26)23-25-12-15-28(16-13-25)36-8-4/h12-17,24,30-33H,5-11,18-23H2,1-4H3/t30-,31-,32+,33-/m0/s1. The molecule has 5 nitrogen and oxygen atoms in total. The van der Waals surface area contributed by atoms with Gasteiger partial charge >= 0.3 is 0 Å². The molecule has 1 saturated carbocycles. The van der Waals surface area contributed by atoms with Crippen molar-refractivity contribution in [1.82, 2.24) is 0 Å². The van der Waals surface area contributed by atoms with Crippen molar-refractivity contribution in [2.24, 2.45) is 0 Å². The fourth-order valence-corrected chi connectivity index (χ4v) is 5.69. The monoisotopic (exact) mass is 572 g/mol. The predicted molar refractivity (Wildman–Crippen MR) is 162 cm³/mol. The lowest BCUT2D eigenvalue weighted by Gasteiger charge is -2.47. The third-order valence-corrected chi connectivity index (χ3v) is 8.35. The van der Waals surface area contributed by atoms with Gasteiger partial charge < -0.3 is 23.7 Å². The molecule has 1 spiro atoms. The summed E-state index contributed by atoms with van der Waals surface area (Å²) in [4.78, 5) is 0. The molecule has 2 aromatic rings. The van der Waals surface area contributed by atoms with Crippen molar-refractivity contribution < 1.29 is 23.7 Å². The molecule has 4 atom stereocenters. The Morgan fingerprint density at radius 3 is 2.02 bits per heavy atom. The molecule has 1 saturated heterocycles. The number of hydrogen-bond donors (Lipinski definition) is 0. The van der Waals surface area contributed by atoms with E-state index < -0.39 is 0 Å². The van der Waals surface area contributed by atoms with E-state index in [0.717, 1.165) is 86.3 Å². The highest BCUT2D eigenvalue weighted by atomic mass is 35.5. The molecule has 2 aliphatic rings. The second-order valence-corrected chi connectivity index (χ2v) is 11.6. The Morgan fingerprint density at radius 1 is 0.800 bits per heavy atom. The molecule has 2 aromatic carbocycles. The van der Waals surface area contributed by atoms with Gasteiger partial charge in [-0.05, 0) is 80.3 Å². The number of halogens is 1. The highest BCUT2D eigenvalue weighted by Crippen LogP contribution is 2.54.